The SMILES string of the molecule is COc1ccc(C)cc1NCC1CCN(C(=O)OC(C)(C)C)CC1. The molecule has 134 valence electrons. The zero-order valence-corrected chi connectivity index (χ0v) is 15.5. The fourth-order valence-electron chi connectivity index (χ4n) is 2.86. The van der Waals surface area contributed by atoms with E-state index >= 15 is 0 Å². The van der Waals surface area contributed by atoms with E-state index in [1.807, 2.05) is 37.8 Å². The molecule has 0 unspecified atom stereocenters. The van der Waals surface area contributed by atoms with Gasteiger partial charge in [-0.3, -0.25) is 0 Å². The fourth-order valence-corrected chi connectivity index (χ4v) is 2.86. The van der Waals surface area contributed by atoms with Crippen molar-refractivity contribution in [1.82, 2.24) is 4.90 Å². The van der Waals surface area contributed by atoms with Crippen molar-refractivity contribution in [2.24, 2.45) is 5.92 Å². The number of rotatable bonds is 4. The van der Waals surface area contributed by atoms with E-state index in [1.54, 1.807) is 7.11 Å². The summed E-state index contributed by atoms with van der Waals surface area (Å²) >= 11 is 0. The molecule has 2 rings (SSSR count). The summed E-state index contributed by atoms with van der Waals surface area (Å²) in [6.07, 6.45) is 1.77. The number of carbonyl (C=O) groups is 1. The number of amides is 1. The van der Waals surface area contributed by atoms with Crippen molar-refractivity contribution in [3.05, 3.63) is 23.8 Å². The molecule has 1 N–H and O–H groups in total. The lowest BCUT2D eigenvalue weighted by molar-refractivity contribution is 0.0188. The molecule has 0 aromatic heterocycles. The van der Waals surface area contributed by atoms with Crippen LogP contribution in [0.3, 0.4) is 0 Å². The van der Waals surface area contributed by atoms with Gasteiger partial charge >= 0.3 is 6.09 Å². The van der Waals surface area contributed by atoms with Gasteiger partial charge in [0, 0.05) is 19.6 Å². The van der Waals surface area contributed by atoms with Crippen LogP contribution in [0.25, 0.3) is 0 Å². The normalized spacial score (nSPS) is 16.0. The number of carbonyl (C=O) groups excluding carboxylic acids is 1. The van der Waals surface area contributed by atoms with Crippen molar-refractivity contribution in [2.45, 2.75) is 46.1 Å². The first-order chi connectivity index (χ1) is 11.3. The number of likely N-dealkylation sites (tertiary alicyclic amines) is 1. The van der Waals surface area contributed by atoms with Gasteiger partial charge in [-0.1, -0.05) is 6.07 Å². The van der Waals surface area contributed by atoms with E-state index in [4.69, 9.17) is 9.47 Å². The zero-order chi connectivity index (χ0) is 17.7. The minimum absolute atomic E-state index is 0.200. The van der Waals surface area contributed by atoms with Gasteiger partial charge in [-0.05, 0) is 64.2 Å². The zero-order valence-electron chi connectivity index (χ0n) is 15.5. The number of anilines is 1. The minimum atomic E-state index is -0.433. The van der Waals surface area contributed by atoms with Gasteiger partial charge in [0.1, 0.15) is 11.4 Å². The molecular formula is C19H30N2O3. The van der Waals surface area contributed by atoms with Crippen LogP contribution >= 0.6 is 0 Å². The van der Waals surface area contributed by atoms with Crippen LogP contribution in [0.5, 0.6) is 5.75 Å². The number of nitrogens with one attached hydrogen (secondary N) is 1. The summed E-state index contributed by atoms with van der Waals surface area (Å²) in [4.78, 5) is 13.9. The summed E-state index contributed by atoms with van der Waals surface area (Å²) in [5.41, 5.74) is 1.81. The van der Waals surface area contributed by atoms with Crippen LogP contribution in [-0.2, 0) is 4.74 Å². The van der Waals surface area contributed by atoms with Crippen molar-refractivity contribution in [1.29, 1.82) is 0 Å². The summed E-state index contributed by atoms with van der Waals surface area (Å²) in [5, 5.41) is 3.50. The highest BCUT2D eigenvalue weighted by atomic mass is 16.6. The smallest absolute Gasteiger partial charge is 0.410 e. The fraction of sp³-hybridized carbons (Fsp3) is 0.632. The van der Waals surface area contributed by atoms with Gasteiger partial charge in [0.05, 0.1) is 12.8 Å². The number of hydrogen-bond donors (Lipinski definition) is 1. The van der Waals surface area contributed by atoms with Gasteiger partial charge in [-0.2, -0.15) is 0 Å². The monoisotopic (exact) mass is 334 g/mol. The van der Waals surface area contributed by atoms with Gasteiger partial charge < -0.3 is 19.7 Å². The molecule has 0 radical (unpaired) electrons. The highest BCUT2D eigenvalue weighted by Crippen LogP contribution is 2.27. The van der Waals surface area contributed by atoms with Gasteiger partial charge in [-0.25, -0.2) is 4.79 Å². The molecule has 0 aliphatic carbocycles. The largest absolute Gasteiger partial charge is 0.495 e. The van der Waals surface area contributed by atoms with Crippen LogP contribution in [0, 0.1) is 12.8 Å². The van der Waals surface area contributed by atoms with Crippen LogP contribution in [0.1, 0.15) is 39.2 Å². The van der Waals surface area contributed by atoms with Crippen LogP contribution in [0.2, 0.25) is 0 Å². The number of piperidine rings is 1. The first kappa shape index (κ1) is 18.4. The van der Waals surface area contributed by atoms with E-state index in [9.17, 15) is 4.79 Å². The molecule has 24 heavy (non-hydrogen) atoms. The highest BCUT2D eigenvalue weighted by Gasteiger charge is 2.26. The second-order valence-corrected chi connectivity index (χ2v) is 7.50. The summed E-state index contributed by atoms with van der Waals surface area (Å²) < 4.78 is 10.8. The third kappa shape index (κ3) is 5.32. The molecule has 1 aromatic carbocycles. The molecule has 0 spiro atoms. The molecule has 1 aliphatic heterocycles. The summed E-state index contributed by atoms with van der Waals surface area (Å²) in [6.45, 7) is 10.2. The quantitative estimate of drug-likeness (QED) is 0.902. The molecule has 5 heteroatoms. The molecule has 0 bridgehead atoms. The maximum Gasteiger partial charge on any atom is 0.410 e. The van der Waals surface area contributed by atoms with Gasteiger partial charge in [-0.15, -0.1) is 0 Å². The molecule has 1 saturated heterocycles. The van der Waals surface area contributed by atoms with Crippen molar-refractivity contribution in [2.75, 3.05) is 32.1 Å². The van der Waals surface area contributed by atoms with Crippen LogP contribution in [0.15, 0.2) is 18.2 Å². The Bertz CT molecular complexity index is 558. The molecular weight excluding hydrogens is 304 g/mol. The topological polar surface area (TPSA) is 50.8 Å². The number of hydrogen-bond acceptors (Lipinski definition) is 4. The van der Waals surface area contributed by atoms with Crippen molar-refractivity contribution in [3.8, 4) is 5.75 Å². The van der Waals surface area contributed by atoms with E-state index in [1.165, 1.54) is 5.56 Å². The van der Waals surface area contributed by atoms with E-state index < -0.39 is 5.60 Å². The van der Waals surface area contributed by atoms with Gasteiger partial charge in [0.25, 0.3) is 0 Å². The first-order valence-electron chi connectivity index (χ1n) is 8.65. The molecule has 0 saturated carbocycles. The van der Waals surface area contributed by atoms with Crippen LogP contribution in [0.4, 0.5) is 10.5 Å². The van der Waals surface area contributed by atoms with Crippen molar-refractivity contribution in [3.63, 3.8) is 0 Å². The Labute approximate surface area is 145 Å². The first-order valence-corrected chi connectivity index (χ1v) is 8.65. The Morgan fingerprint density at radius 3 is 2.54 bits per heavy atom. The van der Waals surface area contributed by atoms with E-state index in [0.29, 0.717) is 5.92 Å². The van der Waals surface area contributed by atoms with Gasteiger partial charge in [0.15, 0.2) is 0 Å². The Hall–Kier alpha value is -1.91. The minimum Gasteiger partial charge on any atom is -0.495 e. The predicted molar refractivity (Wildman–Crippen MR) is 96.8 cm³/mol. The summed E-state index contributed by atoms with van der Waals surface area (Å²) in [6, 6.07) is 6.14. The van der Waals surface area contributed by atoms with E-state index in [2.05, 4.69) is 18.3 Å². The standard InChI is InChI=1S/C19H30N2O3/c1-14-6-7-17(23-5)16(12-14)20-13-15-8-10-21(11-9-15)18(22)24-19(2,3)4/h6-7,12,15,20H,8-11,13H2,1-5H3. The van der Waals surface area contributed by atoms with Crippen LogP contribution in [-0.4, -0.2) is 43.3 Å². The third-order valence-electron chi connectivity index (χ3n) is 4.20. The second kappa shape index (κ2) is 7.77. The molecule has 1 heterocycles. The number of ether oxygens (including phenoxy) is 2. The molecule has 1 fully saturated rings. The maximum atomic E-state index is 12.1. The average molecular weight is 334 g/mol. The lowest BCUT2D eigenvalue weighted by Crippen LogP contribution is -2.42. The van der Waals surface area contributed by atoms with E-state index in [0.717, 1.165) is 43.9 Å². The lowest BCUT2D eigenvalue weighted by Gasteiger charge is -2.33. The lowest BCUT2D eigenvalue weighted by atomic mass is 9.97. The number of benzene rings is 1. The number of methoxy groups -OCH3 is 1. The maximum absolute atomic E-state index is 12.1. The predicted octanol–water partition coefficient (Wildman–Crippen LogP) is 4.06. The Morgan fingerprint density at radius 1 is 1.29 bits per heavy atom. The Kier molecular flexibility index (Phi) is 5.97. The van der Waals surface area contributed by atoms with Crippen molar-refractivity contribution < 1.29 is 14.3 Å². The summed E-state index contributed by atoms with van der Waals surface area (Å²) in [7, 11) is 1.69. The molecule has 1 aliphatic rings. The molecule has 0 atom stereocenters. The molecule has 1 aromatic rings. The second-order valence-electron chi connectivity index (χ2n) is 7.50. The third-order valence-corrected chi connectivity index (χ3v) is 4.20. The average Bonchev–Trinajstić information content (AvgIpc) is 2.52. The highest BCUT2D eigenvalue weighted by molar-refractivity contribution is 5.68. The number of aryl methyl sites for hydroxylation is 1. The van der Waals surface area contributed by atoms with Crippen molar-refractivity contribution >= 4 is 11.8 Å². The van der Waals surface area contributed by atoms with E-state index in [-0.39, 0.29) is 6.09 Å². The van der Waals surface area contributed by atoms with Gasteiger partial charge in [0.2, 0.25) is 0 Å². The number of nitrogens with zero attached hydrogens (tertiary/aromatic N) is 1. The molecule has 5 nitrogen and oxygen atoms in total. The summed E-state index contributed by atoms with van der Waals surface area (Å²) in [5.74, 6) is 1.42. The molecule has 1 amide bonds. The Morgan fingerprint density at radius 2 is 1.96 bits per heavy atom. The van der Waals surface area contributed by atoms with Crippen LogP contribution < -0.4 is 10.1 Å². The Balaban J connectivity index is 1.81.